The SMILES string of the molecule is C[C@@H]1C[C@@H]2CC[C@H]1N2. The minimum Gasteiger partial charge on any atom is -0.311 e. The molecule has 8 heavy (non-hydrogen) atoms. The first-order valence-electron chi connectivity index (χ1n) is 3.62. The average molecular weight is 111 g/mol. The van der Waals surface area contributed by atoms with Gasteiger partial charge in [0.25, 0.3) is 0 Å². The van der Waals surface area contributed by atoms with Crippen LogP contribution >= 0.6 is 0 Å². The molecule has 1 heteroatoms. The molecular weight excluding hydrogens is 98.1 g/mol. The van der Waals surface area contributed by atoms with Crippen molar-refractivity contribution in [1.29, 1.82) is 0 Å². The molecule has 2 bridgehead atoms. The molecule has 0 aromatic rings. The van der Waals surface area contributed by atoms with Crippen molar-refractivity contribution in [2.45, 2.75) is 38.3 Å². The lowest BCUT2D eigenvalue weighted by molar-refractivity contribution is 0.439. The van der Waals surface area contributed by atoms with E-state index in [4.69, 9.17) is 0 Å². The molecule has 1 nitrogen and oxygen atoms in total. The van der Waals surface area contributed by atoms with Crippen molar-refractivity contribution >= 4 is 0 Å². The third-order valence-corrected chi connectivity index (χ3v) is 2.62. The summed E-state index contributed by atoms with van der Waals surface area (Å²) in [5, 5.41) is 3.58. The molecule has 0 spiro atoms. The van der Waals surface area contributed by atoms with Gasteiger partial charge in [-0.25, -0.2) is 0 Å². The van der Waals surface area contributed by atoms with Crippen LogP contribution in [0.4, 0.5) is 0 Å². The molecule has 2 aliphatic rings. The quantitative estimate of drug-likeness (QED) is 0.494. The van der Waals surface area contributed by atoms with Gasteiger partial charge in [0.2, 0.25) is 0 Å². The Hall–Kier alpha value is -0.0400. The summed E-state index contributed by atoms with van der Waals surface area (Å²) in [6.07, 6.45) is 4.31. The molecule has 0 aromatic carbocycles. The highest BCUT2D eigenvalue weighted by Crippen LogP contribution is 2.32. The van der Waals surface area contributed by atoms with E-state index >= 15 is 0 Å². The molecule has 0 aliphatic carbocycles. The number of fused-ring (bicyclic) bond motifs is 2. The summed E-state index contributed by atoms with van der Waals surface area (Å²) in [6.45, 7) is 2.36. The number of hydrogen-bond acceptors (Lipinski definition) is 1. The minimum atomic E-state index is 0.889. The topological polar surface area (TPSA) is 12.0 Å². The second-order valence-corrected chi connectivity index (χ2v) is 3.26. The fourth-order valence-corrected chi connectivity index (χ4v) is 2.10. The Morgan fingerprint density at radius 1 is 1.38 bits per heavy atom. The fraction of sp³-hybridized carbons (Fsp3) is 1.00. The lowest BCUT2D eigenvalue weighted by Crippen LogP contribution is -2.20. The van der Waals surface area contributed by atoms with Crippen LogP contribution in [0.1, 0.15) is 26.2 Å². The van der Waals surface area contributed by atoms with Crippen LogP contribution in [0.3, 0.4) is 0 Å². The van der Waals surface area contributed by atoms with Gasteiger partial charge in [-0.05, 0) is 25.2 Å². The molecule has 3 atom stereocenters. The first-order valence-corrected chi connectivity index (χ1v) is 3.62. The van der Waals surface area contributed by atoms with Gasteiger partial charge in [-0.3, -0.25) is 0 Å². The van der Waals surface area contributed by atoms with E-state index in [-0.39, 0.29) is 0 Å². The molecule has 2 aliphatic heterocycles. The molecule has 0 unspecified atom stereocenters. The van der Waals surface area contributed by atoms with E-state index in [1.54, 1.807) is 0 Å². The fourth-order valence-electron chi connectivity index (χ4n) is 2.10. The van der Waals surface area contributed by atoms with Crippen molar-refractivity contribution in [3.05, 3.63) is 0 Å². The Labute approximate surface area is 50.5 Å². The second-order valence-electron chi connectivity index (χ2n) is 3.26. The summed E-state index contributed by atoms with van der Waals surface area (Å²) >= 11 is 0. The van der Waals surface area contributed by atoms with Gasteiger partial charge in [0.1, 0.15) is 0 Å². The zero-order valence-electron chi connectivity index (χ0n) is 5.35. The van der Waals surface area contributed by atoms with Gasteiger partial charge in [-0.2, -0.15) is 0 Å². The molecule has 0 amide bonds. The Balaban J connectivity index is 2.11. The van der Waals surface area contributed by atoms with Crippen LogP contribution in [0.25, 0.3) is 0 Å². The second kappa shape index (κ2) is 1.47. The molecule has 2 saturated heterocycles. The van der Waals surface area contributed by atoms with Crippen LogP contribution in [0.15, 0.2) is 0 Å². The third kappa shape index (κ3) is 0.510. The number of rotatable bonds is 0. The summed E-state index contributed by atoms with van der Waals surface area (Å²) in [7, 11) is 0. The first kappa shape index (κ1) is 4.80. The smallest absolute Gasteiger partial charge is 0.00964 e. The van der Waals surface area contributed by atoms with Gasteiger partial charge in [-0.1, -0.05) is 6.92 Å². The van der Waals surface area contributed by atoms with Crippen LogP contribution in [-0.2, 0) is 0 Å². The summed E-state index contributed by atoms with van der Waals surface area (Å²) in [5.74, 6) is 0.966. The maximum absolute atomic E-state index is 3.58. The molecule has 0 aromatic heterocycles. The molecular formula is C7H13N. The van der Waals surface area contributed by atoms with E-state index < -0.39 is 0 Å². The summed E-state index contributed by atoms with van der Waals surface area (Å²) in [5.41, 5.74) is 0. The summed E-state index contributed by atoms with van der Waals surface area (Å²) in [4.78, 5) is 0. The van der Waals surface area contributed by atoms with Crippen molar-refractivity contribution < 1.29 is 0 Å². The van der Waals surface area contributed by atoms with Crippen molar-refractivity contribution in [3.8, 4) is 0 Å². The number of hydrogen-bond donors (Lipinski definition) is 1. The Bertz CT molecular complexity index is 98.6. The highest BCUT2D eigenvalue weighted by molar-refractivity contribution is 4.95. The van der Waals surface area contributed by atoms with Gasteiger partial charge < -0.3 is 5.32 Å². The van der Waals surface area contributed by atoms with Gasteiger partial charge >= 0.3 is 0 Å². The van der Waals surface area contributed by atoms with Crippen LogP contribution in [0.5, 0.6) is 0 Å². The van der Waals surface area contributed by atoms with Crippen molar-refractivity contribution in [1.82, 2.24) is 5.32 Å². The molecule has 46 valence electrons. The van der Waals surface area contributed by atoms with Gasteiger partial charge in [0, 0.05) is 12.1 Å². The number of nitrogens with one attached hydrogen (secondary N) is 1. The van der Waals surface area contributed by atoms with E-state index in [9.17, 15) is 0 Å². The van der Waals surface area contributed by atoms with E-state index in [1.807, 2.05) is 0 Å². The average Bonchev–Trinajstić information content (AvgIpc) is 2.23. The molecule has 2 heterocycles. The largest absolute Gasteiger partial charge is 0.311 e. The summed E-state index contributed by atoms with van der Waals surface area (Å²) in [6, 6.07) is 1.79. The highest BCUT2D eigenvalue weighted by Gasteiger charge is 2.35. The van der Waals surface area contributed by atoms with E-state index in [2.05, 4.69) is 12.2 Å². The van der Waals surface area contributed by atoms with Crippen molar-refractivity contribution in [2.75, 3.05) is 0 Å². The zero-order valence-corrected chi connectivity index (χ0v) is 5.35. The molecule has 0 radical (unpaired) electrons. The van der Waals surface area contributed by atoms with Crippen LogP contribution in [0, 0.1) is 5.92 Å². The Morgan fingerprint density at radius 3 is 2.50 bits per heavy atom. The predicted octanol–water partition coefficient (Wildman–Crippen LogP) is 1.15. The van der Waals surface area contributed by atoms with Gasteiger partial charge in [0.05, 0.1) is 0 Å². The zero-order chi connectivity index (χ0) is 5.56. The van der Waals surface area contributed by atoms with Crippen molar-refractivity contribution in [2.24, 2.45) is 5.92 Å². The molecule has 2 rings (SSSR count). The summed E-state index contributed by atoms with van der Waals surface area (Å²) < 4.78 is 0. The Kier molecular flexibility index (Phi) is 0.884. The van der Waals surface area contributed by atoms with Gasteiger partial charge in [0.15, 0.2) is 0 Å². The van der Waals surface area contributed by atoms with Crippen LogP contribution < -0.4 is 5.32 Å². The van der Waals surface area contributed by atoms with Crippen LogP contribution in [-0.4, -0.2) is 12.1 Å². The third-order valence-electron chi connectivity index (χ3n) is 2.62. The van der Waals surface area contributed by atoms with E-state index in [0.29, 0.717) is 0 Å². The highest BCUT2D eigenvalue weighted by atomic mass is 15.0. The van der Waals surface area contributed by atoms with Crippen molar-refractivity contribution in [3.63, 3.8) is 0 Å². The maximum atomic E-state index is 3.58. The Morgan fingerprint density at radius 2 is 2.25 bits per heavy atom. The van der Waals surface area contributed by atoms with E-state index in [1.165, 1.54) is 19.3 Å². The molecule has 1 N–H and O–H groups in total. The first-order chi connectivity index (χ1) is 3.86. The minimum absolute atomic E-state index is 0.889. The molecule has 0 saturated carbocycles. The predicted molar refractivity (Wildman–Crippen MR) is 33.7 cm³/mol. The monoisotopic (exact) mass is 111 g/mol. The maximum Gasteiger partial charge on any atom is 0.00964 e. The standard InChI is InChI=1S/C7H13N/c1-5-4-6-2-3-7(5)8-6/h5-8H,2-4H2,1H3/t5-,6+,7-/m1/s1. The normalized spacial score (nSPS) is 52.9. The lowest BCUT2D eigenvalue weighted by atomic mass is 9.91. The van der Waals surface area contributed by atoms with Gasteiger partial charge in [-0.15, -0.1) is 0 Å². The molecule has 2 fully saturated rings. The van der Waals surface area contributed by atoms with E-state index in [0.717, 1.165) is 18.0 Å². The lowest BCUT2D eigenvalue weighted by Gasteiger charge is -2.13. The van der Waals surface area contributed by atoms with Crippen LogP contribution in [0.2, 0.25) is 0 Å².